The number of benzene rings is 8. The minimum Gasteiger partial charge on any atom is -0.309 e. The Kier molecular flexibility index (Phi) is 5.96. The zero-order valence-electron chi connectivity index (χ0n) is 27.7. The number of aromatic nitrogens is 3. The molecule has 238 valence electrons. The topological polar surface area (TPSA) is 14.8 Å². The molecule has 0 radical (unpaired) electrons. The molecule has 0 saturated heterocycles. The van der Waals surface area contributed by atoms with Crippen LogP contribution in [0.25, 0.3) is 93.6 Å². The van der Waals surface area contributed by atoms with Gasteiger partial charge in [-0.25, -0.2) is 0 Å². The lowest BCUT2D eigenvalue weighted by molar-refractivity contribution is 1.17. The Bertz CT molecular complexity index is 3120. The summed E-state index contributed by atoms with van der Waals surface area (Å²) in [7, 11) is 0. The molecular weight excluding hydrogens is 619 g/mol. The van der Waals surface area contributed by atoms with E-state index in [2.05, 4.69) is 202 Å². The second kappa shape index (κ2) is 10.8. The van der Waals surface area contributed by atoms with Gasteiger partial charge in [-0.2, -0.15) is 0 Å². The van der Waals surface area contributed by atoms with Crippen molar-refractivity contribution in [2.24, 2.45) is 0 Å². The first-order valence-corrected chi connectivity index (χ1v) is 17.5. The van der Waals surface area contributed by atoms with Crippen molar-refractivity contribution in [2.75, 3.05) is 0 Å². The van der Waals surface area contributed by atoms with Gasteiger partial charge in [0.15, 0.2) is 0 Å². The van der Waals surface area contributed by atoms with E-state index in [0.717, 1.165) is 5.69 Å². The van der Waals surface area contributed by atoms with Gasteiger partial charge >= 0.3 is 0 Å². The Morgan fingerprint density at radius 2 is 0.667 bits per heavy atom. The Hall–Kier alpha value is -6.84. The van der Waals surface area contributed by atoms with E-state index in [1.54, 1.807) is 0 Å². The third-order valence-corrected chi connectivity index (χ3v) is 10.6. The van der Waals surface area contributed by atoms with E-state index in [1.165, 1.54) is 87.9 Å². The Labute approximate surface area is 294 Å². The molecule has 3 nitrogen and oxygen atoms in total. The second-order valence-corrected chi connectivity index (χ2v) is 13.4. The number of rotatable bonds is 4. The molecule has 3 heterocycles. The van der Waals surface area contributed by atoms with Gasteiger partial charge in [-0.05, 0) is 83.9 Å². The second-order valence-electron chi connectivity index (χ2n) is 13.4. The summed E-state index contributed by atoms with van der Waals surface area (Å²) in [5, 5.41) is 7.62. The van der Waals surface area contributed by atoms with E-state index < -0.39 is 0 Å². The number of hydrogen-bond acceptors (Lipinski definition) is 0. The third kappa shape index (κ3) is 4.06. The molecule has 0 spiro atoms. The Balaban J connectivity index is 1.15. The maximum atomic E-state index is 2.45. The number of nitrogens with zero attached hydrogens (tertiary/aromatic N) is 3. The lowest BCUT2D eigenvalue weighted by Crippen LogP contribution is -1.95. The van der Waals surface area contributed by atoms with Crippen LogP contribution in [0, 0.1) is 0 Å². The Morgan fingerprint density at radius 1 is 0.235 bits per heavy atom. The highest BCUT2D eigenvalue weighted by Gasteiger charge is 2.20. The average molecular weight is 650 g/mol. The van der Waals surface area contributed by atoms with Crippen molar-refractivity contribution in [3.05, 3.63) is 188 Å². The molecule has 3 heteroatoms. The molecule has 0 aliphatic heterocycles. The molecule has 0 fully saturated rings. The van der Waals surface area contributed by atoms with E-state index in [1.807, 2.05) is 0 Å². The van der Waals surface area contributed by atoms with Crippen molar-refractivity contribution >= 4 is 65.4 Å². The first-order chi connectivity index (χ1) is 25.3. The molecule has 0 aliphatic rings. The zero-order chi connectivity index (χ0) is 33.5. The summed E-state index contributed by atoms with van der Waals surface area (Å²) in [6, 6.07) is 68.3. The third-order valence-electron chi connectivity index (χ3n) is 10.6. The van der Waals surface area contributed by atoms with Crippen LogP contribution >= 0.6 is 0 Å². The van der Waals surface area contributed by atoms with E-state index in [9.17, 15) is 0 Å². The van der Waals surface area contributed by atoms with Gasteiger partial charge in [0.2, 0.25) is 0 Å². The van der Waals surface area contributed by atoms with Crippen LogP contribution in [-0.2, 0) is 0 Å². The minimum atomic E-state index is 1.15. The van der Waals surface area contributed by atoms with E-state index in [4.69, 9.17) is 0 Å². The molecule has 0 bridgehead atoms. The smallest absolute Gasteiger partial charge is 0.0548 e. The molecule has 3 aromatic heterocycles. The van der Waals surface area contributed by atoms with Crippen molar-refractivity contribution in [1.29, 1.82) is 0 Å². The first kappa shape index (κ1) is 28.0. The summed E-state index contributed by atoms with van der Waals surface area (Å²) < 4.78 is 7.24. The van der Waals surface area contributed by atoms with Gasteiger partial charge in [-0.15, -0.1) is 0 Å². The normalized spacial score (nSPS) is 11.9. The summed E-state index contributed by atoms with van der Waals surface area (Å²) in [6.07, 6.45) is 0. The van der Waals surface area contributed by atoms with Crippen LogP contribution in [-0.4, -0.2) is 13.7 Å². The van der Waals surface area contributed by atoms with Crippen LogP contribution in [0.15, 0.2) is 188 Å². The van der Waals surface area contributed by atoms with Gasteiger partial charge in [0.1, 0.15) is 0 Å². The van der Waals surface area contributed by atoms with Gasteiger partial charge < -0.3 is 13.7 Å². The summed E-state index contributed by atoms with van der Waals surface area (Å²) in [5.41, 5.74) is 13.1. The molecule has 0 aliphatic carbocycles. The summed E-state index contributed by atoms with van der Waals surface area (Å²) in [4.78, 5) is 0. The molecule has 0 unspecified atom stereocenters. The number of fused-ring (bicyclic) bond motifs is 10. The number of para-hydroxylation sites is 5. The fourth-order valence-electron chi connectivity index (χ4n) is 8.48. The number of hydrogen-bond donors (Lipinski definition) is 0. The van der Waals surface area contributed by atoms with Crippen LogP contribution in [0.5, 0.6) is 0 Å². The first-order valence-electron chi connectivity index (χ1n) is 17.5. The summed E-state index contributed by atoms with van der Waals surface area (Å²) in [5.74, 6) is 0. The predicted octanol–water partition coefficient (Wildman–Crippen LogP) is 12.6. The molecule has 11 aromatic rings. The monoisotopic (exact) mass is 649 g/mol. The van der Waals surface area contributed by atoms with Gasteiger partial charge in [0, 0.05) is 49.4 Å². The Morgan fingerprint density at radius 3 is 1.27 bits per heavy atom. The maximum absolute atomic E-state index is 2.45. The van der Waals surface area contributed by atoms with Crippen molar-refractivity contribution in [3.8, 4) is 28.2 Å². The highest BCUT2D eigenvalue weighted by molar-refractivity contribution is 6.29. The molecule has 0 atom stereocenters. The minimum absolute atomic E-state index is 1.15. The quantitative estimate of drug-likeness (QED) is 0.180. The van der Waals surface area contributed by atoms with E-state index in [0.29, 0.717) is 0 Å². The molecule has 8 aromatic carbocycles. The molecular formula is C48H31N3. The maximum Gasteiger partial charge on any atom is 0.0548 e. The molecule has 0 amide bonds. The fourth-order valence-corrected chi connectivity index (χ4v) is 8.48. The predicted molar refractivity (Wildman–Crippen MR) is 215 cm³/mol. The SMILES string of the molecule is c1ccc(-n2c3ccccc3c3ccc(-c4cccc(-n5c6ccccc6c6c7c8ccccc8n(-c8ccccc8)c7ccc65)c4)cc32)cc1. The van der Waals surface area contributed by atoms with Crippen LogP contribution in [0.2, 0.25) is 0 Å². The summed E-state index contributed by atoms with van der Waals surface area (Å²) in [6.45, 7) is 0. The van der Waals surface area contributed by atoms with E-state index in [-0.39, 0.29) is 0 Å². The highest BCUT2D eigenvalue weighted by Crippen LogP contribution is 2.43. The highest BCUT2D eigenvalue weighted by atomic mass is 15.0. The van der Waals surface area contributed by atoms with Gasteiger partial charge in [-0.1, -0.05) is 115 Å². The molecule has 0 saturated carbocycles. The largest absolute Gasteiger partial charge is 0.309 e. The van der Waals surface area contributed by atoms with Crippen LogP contribution < -0.4 is 0 Å². The summed E-state index contributed by atoms with van der Waals surface area (Å²) >= 11 is 0. The molecule has 0 N–H and O–H groups in total. The fraction of sp³-hybridized carbons (Fsp3) is 0. The van der Waals surface area contributed by atoms with Crippen molar-refractivity contribution in [1.82, 2.24) is 13.7 Å². The van der Waals surface area contributed by atoms with Crippen LogP contribution in [0.3, 0.4) is 0 Å². The van der Waals surface area contributed by atoms with Gasteiger partial charge in [0.25, 0.3) is 0 Å². The van der Waals surface area contributed by atoms with Gasteiger partial charge in [-0.3, -0.25) is 0 Å². The van der Waals surface area contributed by atoms with Crippen LogP contribution in [0.4, 0.5) is 0 Å². The molecule has 11 rings (SSSR count). The van der Waals surface area contributed by atoms with Crippen molar-refractivity contribution < 1.29 is 0 Å². The standard InChI is InChI=1S/C48H31N3/c1-3-15-34(16-4-1)49-42-24-11-8-21-39(42)47-44(49)28-29-45-48(47)40-22-9-12-25-43(40)51(45)36-19-13-14-32(30-36)33-26-27-38-37-20-7-10-23-41(37)50(46(38)31-33)35-17-5-2-6-18-35/h1-31H. The average Bonchev–Trinajstić information content (AvgIpc) is 3.84. The lowest BCUT2D eigenvalue weighted by atomic mass is 10.0. The van der Waals surface area contributed by atoms with E-state index >= 15 is 0 Å². The zero-order valence-corrected chi connectivity index (χ0v) is 27.7. The van der Waals surface area contributed by atoms with Crippen molar-refractivity contribution in [2.45, 2.75) is 0 Å². The lowest BCUT2D eigenvalue weighted by Gasteiger charge is -2.12. The van der Waals surface area contributed by atoms with Crippen LogP contribution in [0.1, 0.15) is 0 Å². The molecule has 51 heavy (non-hydrogen) atoms. The van der Waals surface area contributed by atoms with Crippen molar-refractivity contribution in [3.63, 3.8) is 0 Å². The van der Waals surface area contributed by atoms with Gasteiger partial charge in [0.05, 0.1) is 33.1 Å².